The summed E-state index contributed by atoms with van der Waals surface area (Å²) in [6.07, 6.45) is 0. The van der Waals surface area contributed by atoms with Gasteiger partial charge in [0.25, 0.3) is 5.91 Å². The van der Waals surface area contributed by atoms with Gasteiger partial charge < -0.3 is 0 Å². The van der Waals surface area contributed by atoms with E-state index in [9.17, 15) is 4.79 Å². The number of fused-ring (bicyclic) bond motifs is 1. The van der Waals surface area contributed by atoms with E-state index in [4.69, 9.17) is 5.84 Å². The number of carbonyl (C=O) groups excluding carboxylic acids is 1. The summed E-state index contributed by atoms with van der Waals surface area (Å²) in [5.74, 6) is 5.83. The lowest BCUT2D eigenvalue weighted by Crippen LogP contribution is -2.29. The topological polar surface area (TPSA) is 55.1 Å². The molecule has 0 unspecified atom stereocenters. The van der Waals surface area contributed by atoms with Gasteiger partial charge in [-0.2, -0.15) is 0 Å². The highest BCUT2D eigenvalue weighted by Crippen LogP contribution is 2.35. The molecule has 3 aromatic rings. The van der Waals surface area contributed by atoms with Gasteiger partial charge in [-0.05, 0) is 29.1 Å². The van der Waals surface area contributed by atoms with Crippen molar-refractivity contribution in [2.45, 2.75) is 10.6 Å². The van der Waals surface area contributed by atoms with Gasteiger partial charge in [-0.3, -0.25) is 10.2 Å². The van der Waals surface area contributed by atoms with Crippen molar-refractivity contribution < 1.29 is 4.79 Å². The summed E-state index contributed by atoms with van der Waals surface area (Å²) >= 11 is 3.21. The molecule has 0 saturated heterocycles. The fourth-order valence-electron chi connectivity index (χ4n) is 2.16. The molecule has 0 saturated carbocycles. The molecule has 0 aliphatic carbocycles. The maximum Gasteiger partial charge on any atom is 0.275 e. The molecule has 106 valence electrons. The first-order valence-corrected chi connectivity index (χ1v) is 8.29. The molecule has 1 amide bonds. The largest absolute Gasteiger partial charge is 0.289 e. The maximum absolute atomic E-state index is 12.0. The number of rotatable bonds is 4. The van der Waals surface area contributed by atoms with Crippen molar-refractivity contribution >= 4 is 39.1 Å². The van der Waals surface area contributed by atoms with E-state index in [2.05, 4.69) is 23.6 Å². The van der Waals surface area contributed by atoms with Gasteiger partial charge in [-0.25, -0.2) is 5.84 Å². The second kappa shape index (κ2) is 6.30. The summed E-state index contributed by atoms with van der Waals surface area (Å²) in [6, 6.07) is 18.2. The highest BCUT2D eigenvalue weighted by Gasteiger charge is 2.17. The molecule has 0 bridgehead atoms. The number of thiophene rings is 1. The van der Waals surface area contributed by atoms with Crippen LogP contribution >= 0.6 is 23.1 Å². The van der Waals surface area contributed by atoms with Gasteiger partial charge in [0.1, 0.15) is 0 Å². The Labute approximate surface area is 131 Å². The van der Waals surface area contributed by atoms with Crippen LogP contribution in [0.15, 0.2) is 59.5 Å². The number of hydrogen-bond donors (Lipinski definition) is 2. The summed E-state index contributed by atoms with van der Waals surface area (Å²) < 4.78 is 1.11. The predicted molar refractivity (Wildman–Crippen MR) is 89.5 cm³/mol. The van der Waals surface area contributed by atoms with Crippen molar-refractivity contribution in [3.63, 3.8) is 0 Å². The minimum absolute atomic E-state index is 0.222. The Morgan fingerprint density at radius 3 is 2.57 bits per heavy atom. The van der Waals surface area contributed by atoms with Crippen LogP contribution in [0.2, 0.25) is 0 Å². The van der Waals surface area contributed by atoms with Gasteiger partial charge in [0.2, 0.25) is 0 Å². The molecule has 0 atom stereocenters. The predicted octanol–water partition coefficient (Wildman–Crippen LogP) is 3.80. The molecule has 0 spiro atoms. The average Bonchev–Trinajstić information content (AvgIpc) is 2.92. The van der Waals surface area contributed by atoms with E-state index in [0.717, 1.165) is 21.4 Å². The lowest BCUT2D eigenvalue weighted by molar-refractivity contribution is 0.0957. The Morgan fingerprint density at radius 1 is 1.10 bits per heavy atom. The molecule has 21 heavy (non-hydrogen) atoms. The van der Waals surface area contributed by atoms with E-state index in [1.807, 2.05) is 36.4 Å². The van der Waals surface area contributed by atoms with Gasteiger partial charge in [0.05, 0.1) is 4.88 Å². The van der Waals surface area contributed by atoms with Crippen molar-refractivity contribution in [2.75, 3.05) is 0 Å². The van der Waals surface area contributed by atoms with Crippen LogP contribution in [-0.4, -0.2) is 5.91 Å². The molecule has 5 heteroatoms. The second-order valence-electron chi connectivity index (χ2n) is 4.48. The third-order valence-corrected chi connectivity index (χ3v) is 5.41. The van der Waals surface area contributed by atoms with Crippen LogP contribution in [-0.2, 0) is 5.75 Å². The van der Waals surface area contributed by atoms with Crippen LogP contribution in [0.1, 0.15) is 15.2 Å². The van der Waals surface area contributed by atoms with Crippen molar-refractivity contribution in [1.29, 1.82) is 0 Å². The fraction of sp³-hybridized carbons (Fsp3) is 0.0625. The van der Waals surface area contributed by atoms with Crippen LogP contribution < -0.4 is 11.3 Å². The van der Waals surface area contributed by atoms with E-state index >= 15 is 0 Å². The van der Waals surface area contributed by atoms with E-state index in [-0.39, 0.29) is 5.91 Å². The Balaban J connectivity index is 1.97. The number of benzene rings is 2. The number of hydrogen-bond acceptors (Lipinski definition) is 4. The molecule has 2 aromatic carbocycles. The molecule has 1 aromatic heterocycles. The molecule has 0 aliphatic heterocycles. The summed E-state index contributed by atoms with van der Waals surface area (Å²) in [5.41, 5.74) is 3.29. The van der Waals surface area contributed by atoms with E-state index < -0.39 is 0 Å². The summed E-state index contributed by atoms with van der Waals surface area (Å²) in [5, 5.41) is 1.13. The van der Waals surface area contributed by atoms with Crippen LogP contribution in [0.3, 0.4) is 0 Å². The maximum atomic E-state index is 12.0. The van der Waals surface area contributed by atoms with Crippen molar-refractivity contribution in [3.05, 3.63) is 65.0 Å². The van der Waals surface area contributed by atoms with Crippen molar-refractivity contribution in [3.8, 4) is 0 Å². The van der Waals surface area contributed by atoms with Gasteiger partial charge >= 0.3 is 0 Å². The zero-order valence-electron chi connectivity index (χ0n) is 11.2. The number of amides is 1. The average molecular weight is 314 g/mol. The normalized spacial score (nSPS) is 10.7. The minimum Gasteiger partial charge on any atom is -0.289 e. The van der Waals surface area contributed by atoms with Gasteiger partial charge in [0.15, 0.2) is 0 Å². The second-order valence-corrected chi connectivity index (χ2v) is 6.58. The van der Waals surface area contributed by atoms with E-state index in [1.54, 1.807) is 11.8 Å². The summed E-state index contributed by atoms with van der Waals surface area (Å²) in [6.45, 7) is 0. The monoisotopic (exact) mass is 314 g/mol. The molecule has 0 fully saturated rings. The molecule has 3 nitrogen and oxygen atoms in total. The number of nitrogen functional groups attached to an aromatic ring is 1. The highest BCUT2D eigenvalue weighted by molar-refractivity contribution is 7.98. The molecular weight excluding hydrogens is 300 g/mol. The molecule has 0 aliphatic rings. The number of carbonyl (C=O) groups is 1. The number of nitrogens with two attached hydrogens (primary N) is 1. The Kier molecular flexibility index (Phi) is 4.24. The lowest BCUT2D eigenvalue weighted by atomic mass is 10.1. The van der Waals surface area contributed by atoms with Crippen molar-refractivity contribution in [1.82, 2.24) is 5.43 Å². The number of hydrazine groups is 1. The third kappa shape index (κ3) is 2.95. The quantitative estimate of drug-likeness (QED) is 0.333. The summed E-state index contributed by atoms with van der Waals surface area (Å²) in [7, 11) is 0. The van der Waals surface area contributed by atoms with E-state index in [0.29, 0.717) is 4.88 Å². The highest BCUT2D eigenvalue weighted by atomic mass is 32.2. The first kappa shape index (κ1) is 14.1. The minimum atomic E-state index is -0.222. The molecular formula is C16H14N2OS2. The Morgan fingerprint density at radius 2 is 1.81 bits per heavy atom. The number of thioether (sulfide) groups is 1. The van der Waals surface area contributed by atoms with Gasteiger partial charge in [-0.1, -0.05) is 36.4 Å². The Bertz CT molecular complexity index is 768. The summed E-state index contributed by atoms with van der Waals surface area (Å²) in [4.78, 5) is 13.9. The smallest absolute Gasteiger partial charge is 0.275 e. The molecule has 3 rings (SSSR count). The van der Waals surface area contributed by atoms with Gasteiger partial charge in [0, 0.05) is 15.3 Å². The van der Waals surface area contributed by atoms with Crippen LogP contribution in [0.5, 0.6) is 0 Å². The first-order valence-electron chi connectivity index (χ1n) is 6.49. The zero-order chi connectivity index (χ0) is 14.7. The Hall–Kier alpha value is -1.82. The lowest BCUT2D eigenvalue weighted by Gasteiger charge is -2.04. The fourth-order valence-corrected chi connectivity index (χ4v) is 4.34. The number of nitrogens with one attached hydrogen (secondary N) is 1. The molecule has 3 N–H and O–H groups in total. The van der Waals surface area contributed by atoms with Gasteiger partial charge in [-0.15, -0.1) is 23.1 Å². The molecule has 1 heterocycles. The molecule has 0 radical (unpaired) electrons. The van der Waals surface area contributed by atoms with Crippen LogP contribution in [0, 0.1) is 0 Å². The first-order chi connectivity index (χ1) is 10.3. The van der Waals surface area contributed by atoms with Crippen molar-refractivity contribution in [2.24, 2.45) is 5.84 Å². The zero-order valence-corrected chi connectivity index (χ0v) is 12.8. The van der Waals surface area contributed by atoms with E-state index in [1.165, 1.54) is 16.2 Å². The SMILES string of the molecule is NNC(=O)c1sc2ccccc2c1CSc1ccccc1. The standard InChI is InChI=1S/C16H14N2OS2/c17-18-16(19)15-13(10-20-11-6-2-1-3-7-11)12-8-4-5-9-14(12)21-15/h1-9H,10,17H2,(H,18,19). The third-order valence-electron chi connectivity index (χ3n) is 3.16. The van der Waals surface area contributed by atoms with Crippen LogP contribution in [0.4, 0.5) is 0 Å². The van der Waals surface area contributed by atoms with Crippen LogP contribution in [0.25, 0.3) is 10.1 Å².